The van der Waals surface area contributed by atoms with Crippen molar-refractivity contribution in [3.63, 3.8) is 0 Å². The van der Waals surface area contributed by atoms with E-state index < -0.39 is 0 Å². The lowest BCUT2D eigenvalue weighted by molar-refractivity contribution is 0.253. The van der Waals surface area contributed by atoms with Crippen LogP contribution in [-0.2, 0) is 0 Å². The van der Waals surface area contributed by atoms with E-state index >= 15 is 0 Å². The molecule has 1 aromatic carbocycles. The second-order valence-corrected chi connectivity index (χ2v) is 4.35. The molecule has 0 saturated carbocycles. The quantitative estimate of drug-likeness (QED) is 0.877. The molecule has 0 aliphatic rings. The zero-order valence-corrected chi connectivity index (χ0v) is 10.4. The highest BCUT2D eigenvalue weighted by molar-refractivity contribution is 9.10. The molecule has 0 aliphatic carbocycles. The van der Waals surface area contributed by atoms with Gasteiger partial charge >= 0.3 is 6.03 Å². The van der Waals surface area contributed by atoms with Gasteiger partial charge in [0.15, 0.2) is 0 Å². The van der Waals surface area contributed by atoms with E-state index in [0.29, 0.717) is 10.7 Å². The molecule has 2 rings (SSSR count). The van der Waals surface area contributed by atoms with Gasteiger partial charge in [-0.3, -0.25) is 4.57 Å². The lowest BCUT2D eigenvalue weighted by Gasteiger charge is -2.07. The van der Waals surface area contributed by atoms with Gasteiger partial charge in [0.05, 0.1) is 10.7 Å². The topological polar surface area (TPSA) is 46.9 Å². The molecule has 0 spiro atoms. The number of carbonyl (C=O) groups is 1. The fourth-order valence-electron chi connectivity index (χ4n) is 1.15. The molecule has 1 aromatic heterocycles. The van der Waals surface area contributed by atoms with Crippen LogP contribution >= 0.6 is 27.5 Å². The van der Waals surface area contributed by atoms with E-state index in [-0.39, 0.29) is 6.03 Å². The third-order valence-corrected chi connectivity index (χ3v) is 2.72. The maximum absolute atomic E-state index is 11.7. The second kappa shape index (κ2) is 4.67. The largest absolute Gasteiger partial charge is 0.331 e. The molecular formula is C10H7BrClN3O. The molecule has 4 nitrogen and oxygen atoms in total. The number of aromatic nitrogens is 2. The molecular weight excluding hydrogens is 293 g/mol. The van der Waals surface area contributed by atoms with Crippen molar-refractivity contribution >= 4 is 39.2 Å². The highest BCUT2D eigenvalue weighted by Gasteiger charge is 2.07. The summed E-state index contributed by atoms with van der Waals surface area (Å²) in [6.07, 6.45) is 4.51. The molecule has 1 N–H and O–H groups in total. The first-order valence-electron chi connectivity index (χ1n) is 4.41. The molecule has 0 bridgehead atoms. The predicted octanol–water partition coefficient (Wildman–Crippen LogP) is 3.38. The first-order chi connectivity index (χ1) is 7.66. The van der Waals surface area contributed by atoms with Gasteiger partial charge in [-0.15, -0.1) is 0 Å². The van der Waals surface area contributed by atoms with E-state index in [1.54, 1.807) is 24.4 Å². The molecule has 2 aromatic rings. The van der Waals surface area contributed by atoms with Gasteiger partial charge in [0.2, 0.25) is 0 Å². The van der Waals surface area contributed by atoms with Gasteiger partial charge in [0, 0.05) is 16.9 Å². The highest BCUT2D eigenvalue weighted by Crippen LogP contribution is 2.25. The van der Waals surface area contributed by atoms with Crippen LogP contribution in [0.2, 0.25) is 5.02 Å². The van der Waals surface area contributed by atoms with Crippen LogP contribution in [-0.4, -0.2) is 15.6 Å². The maximum atomic E-state index is 11.7. The Kier molecular flexibility index (Phi) is 3.26. The summed E-state index contributed by atoms with van der Waals surface area (Å²) in [6, 6.07) is 4.93. The van der Waals surface area contributed by atoms with Crippen LogP contribution in [0.25, 0.3) is 0 Å². The first kappa shape index (κ1) is 11.2. The molecule has 6 heteroatoms. The Bertz CT molecular complexity index is 513. The zero-order chi connectivity index (χ0) is 11.5. The summed E-state index contributed by atoms with van der Waals surface area (Å²) in [7, 11) is 0. The normalized spacial score (nSPS) is 10.1. The number of hydrogen-bond donors (Lipinski definition) is 1. The van der Waals surface area contributed by atoms with Gasteiger partial charge < -0.3 is 5.32 Å². The van der Waals surface area contributed by atoms with Gasteiger partial charge in [-0.2, -0.15) is 0 Å². The van der Waals surface area contributed by atoms with Gasteiger partial charge in [-0.25, -0.2) is 9.78 Å². The molecule has 0 radical (unpaired) electrons. The number of benzene rings is 1. The number of carbonyl (C=O) groups excluding carboxylic acids is 1. The van der Waals surface area contributed by atoms with Crippen LogP contribution in [0.1, 0.15) is 0 Å². The van der Waals surface area contributed by atoms with Crippen molar-refractivity contribution in [1.82, 2.24) is 9.55 Å². The fourth-order valence-corrected chi connectivity index (χ4v) is 1.87. The summed E-state index contributed by atoms with van der Waals surface area (Å²) in [5.41, 5.74) is 0.559. The number of nitrogens with one attached hydrogen (secondary N) is 1. The Balaban J connectivity index is 2.18. The molecule has 0 unspecified atom stereocenters. The van der Waals surface area contributed by atoms with Gasteiger partial charge in [0.25, 0.3) is 0 Å². The van der Waals surface area contributed by atoms with Crippen molar-refractivity contribution in [2.75, 3.05) is 5.32 Å². The summed E-state index contributed by atoms with van der Waals surface area (Å²) >= 11 is 9.25. The van der Waals surface area contributed by atoms with E-state index in [1.165, 1.54) is 17.1 Å². The minimum Gasteiger partial charge on any atom is -0.306 e. The summed E-state index contributed by atoms with van der Waals surface area (Å²) in [5.74, 6) is 0. The zero-order valence-electron chi connectivity index (χ0n) is 8.02. The number of halogens is 2. The first-order valence-corrected chi connectivity index (χ1v) is 5.58. The summed E-state index contributed by atoms with van der Waals surface area (Å²) in [6.45, 7) is 0. The van der Waals surface area contributed by atoms with E-state index in [9.17, 15) is 4.79 Å². The van der Waals surface area contributed by atoms with Gasteiger partial charge in [0.1, 0.15) is 6.33 Å². The van der Waals surface area contributed by atoms with Crippen molar-refractivity contribution < 1.29 is 4.79 Å². The summed E-state index contributed by atoms with van der Waals surface area (Å²) < 4.78 is 2.19. The number of amides is 1. The lowest BCUT2D eigenvalue weighted by atomic mass is 10.3. The van der Waals surface area contributed by atoms with E-state index in [4.69, 9.17) is 11.6 Å². The maximum Gasteiger partial charge on any atom is 0.331 e. The Hall–Kier alpha value is -1.33. The molecule has 0 aliphatic heterocycles. The average Bonchev–Trinajstić information content (AvgIpc) is 2.75. The Labute approximate surface area is 105 Å². The van der Waals surface area contributed by atoms with E-state index in [0.717, 1.165) is 4.47 Å². The highest BCUT2D eigenvalue weighted by atomic mass is 79.9. The average molecular weight is 301 g/mol. The Morgan fingerprint density at radius 3 is 2.94 bits per heavy atom. The molecule has 0 saturated heterocycles. The van der Waals surface area contributed by atoms with Crippen LogP contribution in [0.5, 0.6) is 0 Å². The Morgan fingerprint density at radius 1 is 1.50 bits per heavy atom. The predicted molar refractivity (Wildman–Crippen MR) is 65.8 cm³/mol. The standard InChI is InChI=1S/C10H7BrClN3O/c11-7-1-2-9(8(12)5-7)14-10(16)15-4-3-13-6-15/h1-6H,(H,14,16). The third kappa shape index (κ3) is 2.43. The van der Waals surface area contributed by atoms with Crippen LogP contribution in [0, 0.1) is 0 Å². The van der Waals surface area contributed by atoms with Crippen molar-refractivity contribution in [3.8, 4) is 0 Å². The minimum atomic E-state index is -0.304. The molecule has 0 atom stereocenters. The minimum absolute atomic E-state index is 0.304. The summed E-state index contributed by atoms with van der Waals surface area (Å²) in [5, 5.41) is 3.15. The lowest BCUT2D eigenvalue weighted by Crippen LogP contribution is -2.17. The number of anilines is 1. The van der Waals surface area contributed by atoms with Crippen LogP contribution < -0.4 is 5.32 Å². The van der Waals surface area contributed by atoms with Crippen molar-refractivity contribution in [2.24, 2.45) is 0 Å². The fraction of sp³-hybridized carbons (Fsp3) is 0. The number of nitrogens with zero attached hydrogens (tertiary/aromatic N) is 2. The van der Waals surface area contributed by atoms with E-state index in [2.05, 4.69) is 26.2 Å². The van der Waals surface area contributed by atoms with Crippen LogP contribution in [0.3, 0.4) is 0 Å². The number of rotatable bonds is 1. The Morgan fingerprint density at radius 2 is 2.31 bits per heavy atom. The van der Waals surface area contributed by atoms with Crippen molar-refractivity contribution in [2.45, 2.75) is 0 Å². The van der Waals surface area contributed by atoms with Crippen molar-refractivity contribution in [1.29, 1.82) is 0 Å². The molecule has 1 amide bonds. The number of imidazole rings is 1. The molecule has 82 valence electrons. The van der Waals surface area contributed by atoms with Crippen LogP contribution in [0.15, 0.2) is 41.4 Å². The van der Waals surface area contributed by atoms with E-state index in [1.807, 2.05) is 0 Å². The summed E-state index contributed by atoms with van der Waals surface area (Å²) in [4.78, 5) is 15.4. The molecule has 1 heterocycles. The molecule has 0 fully saturated rings. The number of hydrogen-bond acceptors (Lipinski definition) is 2. The second-order valence-electron chi connectivity index (χ2n) is 3.02. The monoisotopic (exact) mass is 299 g/mol. The molecule has 16 heavy (non-hydrogen) atoms. The van der Waals surface area contributed by atoms with Crippen LogP contribution in [0.4, 0.5) is 10.5 Å². The van der Waals surface area contributed by atoms with Crippen molar-refractivity contribution in [3.05, 3.63) is 46.4 Å². The third-order valence-electron chi connectivity index (χ3n) is 1.91. The van der Waals surface area contributed by atoms with Gasteiger partial charge in [-0.1, -0.05) is 27.5 Å². The van der Waals surface area contributed by atoms with Gasteiger partial charge in [-0.05, 0) is 18.2 Å². The smallest absolute Gasteiger partial charge is 0.306 e. The SMILES string of the molecule is O=C(Nc1ccc(Br)cc1Cl)n1ccnc1.